The molecule has 7 aromatic rings. The van der Waals surface area contributed by atoms with Crippen molar-refractivity contribution in [2.24, 2.45) is 17.2 Å². The first kappa shape index (κ1) is 67.9. The molecule has 0 spiro atoms. The Morgan fingerprint density at radius 1 is 0.571 bits per heavy atom. The summed E-state index contributed by atoms with van der Waals surface area (Å²) in [5.41, 5.74) is 22.9. The van der Waals surface area contributed by atoms with Gasteiger partial charge in [-0.1, -0.05) is 149 Å². The fourth-order valence-electron chi connectivity index (χ4n) is 10.8. The highest BCUT2D eigenvalue weighted by Crippen LogP contribution is 2.25. The molecule has 25 heteroatoms. The second-order valence-corrected chi connectivity index (χ2v) is 25.1. The fourth-order valence-corrected chi connectivity index (χ4v) is 12.9. The number of aromatic amines is 2. The molecule has 2 aromatic heterocycles. The van der Waals surface area contributed by atoms with Gasteiger partial charge >= 0.3 is 0 Å². The van der Waals surface area contributed by atoms with Gasteiger partial charge < -0.3 is 74.4 Å². The summed E-state index contributed by atoms with van der Waals surface area (Å²) in [6, 6.07) is 30.2. The van der Waals surface area contributed by atoms with Crippen LogP contribution in [0.1, 0.15) is 54.0 Å². The zero-order valence-electron chi connectivity index (χ0n) is 50.4. The van der Waals surface area contributed by atoms with E-state index in [0.29, 0.717) is 35.1 Å². The zero-order valence-corrected chi connectivity index (χ0v) is 52.1. The van der Waals surface area contributed by atoms with Crippen LogP contribution < -0.4 is 54.4 Å². The molecule has 0 saturated carbocycles. The topological polar surface area (TPSA) is 371 Å². The van der Waals surface area contributed by atoms with Gasteiger partial charge in [0.1, 0.15) is 42.3 Å². The molecule has 9 amide bonds. The van der Waals surface area contributed by atoms with E-state index >= 15 is 14.4 Å². The van der Waals surface area contributed by atoms with Crippen LogP contribution in [0.3, 0.4) is 0 Å². The van der Waals surface area contributed by atoms with Crippen LogP contribution in [0.4, 0.5) is 0 Å². The standard InChI is InChI=1S/C66H79N13O10S2/c1-40(80)58-65(88)76-55(33-43-21-9-4-10-22-43)66(89)79(38-57(69)81)29-30-90-91-39-56(77-59(82)48(68)31-41-17-5-2-6-18-41)64(87)73-52(32-42-19-7-3-8-20-42)61(84)74-54(35-45-37-71-50-26-14-12-24-47(45)50)63(86)75-53(34-44-36-70-49-25-13-11-23-46(44)49)62(85)72-51(60(83)78-58)27-15-16-28-67/h2-14,17-26,36-37,40,48,51-56,58,70-71,80H,15-16,27-35,38-39,67-68H2,1H3,(H2,69,81)(H,72,85)(H,73,87)(H,74,84)(H,75,86)(H,76,88)(H,77,82)(H,78,83)/t40-,48-,51+,52+,53-,54+,55+,56+,58-/m1/s1. The molecular weight excluding hydrogens is 1200 g/mol. The van der Waals surface area contributed by atoms with Crippen molar-refractivity contribution in [2.75, 3.05) is 31.1 Å². The minimum atomic E-state index is -1.71. The Morgan fingerprint density at radius 3 is 1.56 bits per heavy atom. The summed E-state index contributed by atoms with van der Waals surface area (Å²) >= 11 is 0. The first-order valence-electron chi connectivity index (χ1n) is 30.2. The minimum absolute atomic E-state index is 0.0109. The number of hydrogen-bond donors (Lipinski definition) is 13. The van der Waals surface area contributed by atoms with Gasteiger partial charge in [0.05, 0.1) is 18.7 Å². The molecule has 1 fully saturated rings. The number of nitrogens with one attached hydrogen (secondary N) is 9. The Kier molecular flexibility index (Phi) is 25.2. The number of nitrogens with two attached hydrogens (primary N) is 3. The molecule has 5 aromatic carbocycles. The smallest absolute Gasteiger partial charge is 0.245 e. The van der Waals surface area contributed by atoms with Gasteiger partial charge in [0.2, 0.25) is 53.2 Å². The highest BCUT2D eigenvalue weighted by molar-refractivity contribution is 8.76. The van der Waals surface area contributed by atoms with E-state index in [9.17, 15) is 33.9 Å². The second kappa shape index (κ2) is 33.7. The molecule has 8 rings (SSSR count). The summed E-state index contributed by atoms with van der Waals surface area (Å²) in [6.45, 7) is 0.832. The number of aliphatic hydroxyl groups excluding tert-OH is 1. The largest absolute Gasteiger partial charge is 0.391 e. The van der Waals surface area contributed by atoms with Crippen LogP contribution in [-0.2, 0) is 75.3 Å². The quantitative estimate of drug-likeness (QED) is 0.0408. The van der Waals surface area contributed by atoms with Gasteiger partial charge in [-0.05, 0) is 79.1 Å². The summed E-state index contributed by atoms with van der Waals surface area (Å²) in [5, 5.41) is 32.4. The van der Waals surface area contributed by atoms with Crippen LogP contribution in [0.5, 0.6) is 0 Å². The number of para-hydroxylation sites is 2. The average Bonchev–Trinajstić information content (AvgIpc) is 2.15. The molecule has 16 N–H and O–H groups in total. The fraction of sp³-hybridized carbons (Fsp3) is 0.348. The Balaban J connectivity index is 1.20. The number of benzene rings is 5. The van der Waals surface area contributed by atoms with E-state index < -0.39 is 114 Å². The SMILES string of the molecule is C[C@@H](O)[C@H]1NC(=O)[C@H](CCCCN)NC(=O)[C@@H](Cc2c[nH]c3ccccc23)NC(=O)[C@H](Cc2c[nH]c3ccccc23)NC(=O)[C@H](Cc2ccccc2)NC(=O)[C@@H](NC(=O)[C@H](N)Cc2ccccc2)CSSCCN(CC(N)=O)C(=O)[C@H](Cc2ccccc2)NC1=O. The molecule has 0 radical (unpaired) electrons. The Hall–Kier alpha value is -9.01. The lowest BCUT2D eigenvalue weighted by molar-refractivity contribution is -0.140. The third kappa shape index (κ3) is 19.7. The van der Waals surface area contributed by atoms with Crippen LogP contribution in [0, 0.1) is 0 Å². The van der Waals surface area contributed by atoms with E-state index in [0.717, 1.165) is 38.2 Å². The van der Waals surface area contributed by atoms with Gasteiger partial charge in [-0.2, -0.15) is 0 Å². The van der Waals surface area contributed by atoms with Crippen molar-refractivity contribution in [1.82, 2.24) is 52.1 Å². The Labute approximate surface area is 535 Å². The molecule has 0 aliphatic carbocycles. The first-order valence-corrected chi connectivity index (χ1v) is 32.7. The van der Waals surface area contributed by atoms with E-state index in [-0.39, 0.29) is 63.1 Å². The van der Waals surface area contributed by atoms with Crippen LogP contribution in [0.25, 0.3) is 21.8 Å². The van der Waals surface area contributed by atoms with Crippen molar-refractivity contribution in [1.29, 1.82) is 0 Å². The number of H-pyrrole nitrogens is 2. The molecule has 9 atom stereocenters. The van der Waals surface area contributed by atoms with Crippen molar-refractivity contribution in [3.63, 3.8) is 0 Å². The molecule has 91 heavy (non-hydrogen) atoms. The Bertz CT molecular complexity index is 3610. The average molecular weight is 1280 g/mol. The summed E-state index contributed by atoms with van der Waals surface area (Å²) < 4.78 is 0. The van der Waals surface area contributed by atoms with E-state index in [1.165, 1.54) is 22.6 Å². The van der Waals surface area contributed by atoms with E-state index in [4.69, 9.17) is 17.2 Å². The van der Waals surface area contributed by atoms with Crippen molar-refractivity contribution < 1.29 is 48.3 Å². The van der Waals surface area contributed by atoms with Crippen molar-refractivity contribution in [3.05, 3.63) is 180 Å². The summed E-state index contributed by atoms with van der Waals surface area (Å²) in [6.07, 6.45) is 2.26. The highest BCUT2D eigenvalue weighted by atomic mass is 33.1. The second-order valence-electron chi connectivity index (χ2n) is 22.5. The lowest BCUT2D eigenvalue weighted by atomic mass is 10.00. The van der Waals surface area contributed by atoms with Gasteiger partial charge in [-0.25, -0.2) is 0 Å². The third-order valence-corrected chi connectivity index (χ3v) is 18.0. The van der Waals surface area contributed by atoms with Crippen molar-refractivity contribution in [2.45, 2.75) is 113 Å². The van der Waals surface area contributed by atoms with Gasteiger partial charge in [-0.15, -0.1) is 0 Å². The lowest BCUT2D eigenvalue weighted by Crippen LogP contribution is -2.62. The maximum Gasteiger partial charge on any atom is 0.245 e. The highest BCUT2D eigenvalue weighted by Gasteiger charge is 2.37. The normalized spacial score (nSPS) is 21.3. The number of carbonyl (C=O) groups excluding carboxylic acids is 9. The predicted molar refractivity (Wildman–Crippen MR) is 351 cm³/mol. The Morgan fingerprint density at radius 2 is 1.03 bits per heavy atom. The molecule has 480 valence electrons. The van der Waals surface area contributed by atoms with Gasteiger partial charge in [-0.3, -0.25) is 43.2 Å². The monoisotopic (exact) mass is 1280 g/mol. The van der Waals surface area contributed by atoms with Gasteiger partial charge in [0, 0.05) is 77.9 Å². The van der Waals surface area contributed by atoms with E-state index in [1.807, 2.05) is 78.9 Å². The van der Waals surface area contributed by atoms with Crippen molar-refractivity contribution in [3.8, 4) is 0 Å². The summed E-state index contributed by atoms with van der Waals surface area (Å²) in [4.78, 5) is 139. The molecule has 3 heterocycles. The van der Waals surface area contributed by atoms with Crippen LogP contribution >= 0.6 is 21.6 Å². The third-order valence-electron chi connectivity index (χ3n) is 15.6. The maximum absolute atomic E-state index is 15.4. The number of aliphatic hydroxyl groups is 1. The number of nitrogens with zero attached hydrogens (tertiary/aromatic N) is 1. The molecule has 0 bridgehead atoms. The maximum atomic E-state index is 15.4. The molecule has 23 nitrogen and oxygen atoms in total. The van der Waals surface area contributed by atoms with Crippen LogP contribution in [0.2, 0.25) is 0 Å². The minimum Gasteiger partial charge on any atom is -0.391 e. The lowest BCUT2D eigenvalue weighted by Gasteiger charge is -2.30. The number of hydrogen-bond acceptors (Lipinski definition) is 14. The number of rotatable bonds is 19. The van der Waals surface area contributed by atoms with E-state index in [1.54, 1.807) is 73.1 Å². The predicted octanol–water partition coefficient (Wildman–Crippen LogP) is 2.10. The molecular formula is C66H79N13O10S2. The van der Waals surface area contributed by atoms with Gasteiger partial charge in [0.15, 0.2) is 0 Å². The van der Waals surface area contributed by atoms with Gasteiger partial charge in [0.25, 0.3) is 0 Å². The number of unbranched alkanes of at least 4 members (excludes halogenated alkanes) is 1. The van der Waals surface area contributed by atoms with Crippen LogP contribution in [0.15, 0.2) is 152 Å². The molecule has 1 aliphatic heterocycles. The first-order chi connectivity index (χ1) is 43.9. The molecule has 1 aliphatic rings. The van der Waals surface area contributed by atoms with Crippen LogP contribution in [-0.4, -0.2) is 159 Å². The van der Waals surface area contributed by atoms with E-state index in [2.05, 4.69) is 47.2 Å². The number of aromatic nitrogens is 2. The number of primary amides is 1. The van der Waals surface area contributed by atoms with Crippen molar-refractivity contribution >= 4 is 96.6 Å². The molecule has 1 saturated heterocycles. The summed E-state index contributed by atoms with van der Waals surface area (Å²) in [7, 11) is 2.34. The zero-order chi connectivity index (χ0) is 64.8. The number of carbonyl (C=O) groups is 9. The summed E-state index contributed by atoms with van der Waals surface area (Å²) in [5.74, 6) is -7.28. The number of fused-ring (bicyclic) bond motifs is 2. The number of amides is 9. The molecule has 0 unspecified atom stereocenters.